The number of aryl methyl sites for hydroxylation is 1. The molecule has 0 bridgehead atoms. The Labute approximate surface area is 427 Å². The van der Waals surface area contributed by atoms with Crippen molar-refractivity contribution in [3.05, 3.63) is 95.0 Å². The summed E-state index contributed by atoms with van der Waals surface area (Å²) in [6.07, 6.45) is 10.1. The Morgan fingerprint density at radius 1 is 0.819 bits per heavy atom. The van der Waals surface area contributed by atoms with Gasteiger partial charge in [-0.3, -0.25) is 48.9 Å². The molecule has 0 aliphatic carbocycles. The molecule has 0 radical (unpaired) electrons. The number of halogens is 1. The standard InChI is InChI=1S/C52H57BrN13O5P/c1-61-28-32(24-56-61)37-22-41(58-52-55-25-39(53)48(60-52)57-42-26-54-40-8-6-5-7-36(40)47(42)72(3)4)45(71-2)23-44(37)64-19-17-62(18-20-64)27-31-13-15-63(16-14-31)34-29-65(30-34)33-9-10-35-38(21-33)51(70)66(50(35)69)43-11-12-46(67)59-49(43)68/h5-10,21-26,28,31,34,43H,11-20,27,29-30H2,1-4H3,(H,59,67,68)(H2,55,57,58,60). The van der Waals surface area contributed by atoms with Crippen molar-refractivity contribution in [1.29, 1.82) is 0 Å². The van der Waals surface area contributed by atoms with Crippen LogP contribution in [-0.2, 0) is 16.6 Å². The first kappa shape index (κ1) is 47.8. The van der Waals surface area contributed by atoms with Gasteiger partial charge >= 0.3 is 0 Å². The van der Waals surface area contributed by atoms with Gasteiger partial charge in [0, 0.05) is 117 Å². The number of nitrogens with zero attached hydrogens (tertiary/aromatic N) is 10. The first-order chi connectivity index (χ1) is 34.9. The fourth-order valence-electron chi connectivity index (χ4n) is 10.9. The van der Waals surface area contributed by atoms with Crippen molar-refractivity contribution in [2.75, 3.05) is 99.8 Å². The van der Waals surface area contributed by atoms with Crippen molar-refractivity contribution in [1.82, 2.24) is 44.7 Å². The maximum atomic E-state index is 13.4. The van der Waals surface area contributed by atoms with Crippen LogP contribution >= 0.6 is 23.9 Å². The number of anilines is 6. The summed E-state index contributed by atoms with van der Waals surface area (Å²) >= 11 is 3.68. The zero-order valence-corrected chi connectivity index (χ0v) is 43.2. The highest BCUT2D eigenvalue weighted by Crippen LogP contribution is 2.42. The van der Waals surface area contributed by atoms with Crippen LogP contribution < -0.4 is 35.8 Å². The molecule has 72 heavy (non-hydrogen) atoms. The fourth-order valence-corrected chi connectivity index (χ4v) is 12.5. The number of piperazine rings is 1. The predicted octanol–water partition coefficient (Wildman–Crippen LogP) is 6.17. The molecule has 4 fully saturated rings. The van der Waals surface area contributed by atoms with Gasteiger partial charge in [0.15, 0.2) is 0 Å². The summed E-state index contributed by atoms with van der Waals surface area (Å²) < 4.78 is 8.61. The van der Waals surface area contributed by atoms with E-state index in [1.165, 1.54) is 5.30 Å². The molecule has 20 heteroatoms. The van der Waals surface area contributed by atoms with Crippen molar-refractivity contribution < 1.29 is 23.9 Å². The molecule has 0 saturated carbocycles. The summed E-state index contributed by atoms with van der Waals surface area (Å²) in [7, 11) is 3.16. The first-order valence-electron chi connectivity index (χ1n) is 24.5. The van der Waals surface area contributed by atoms with Crippen LogP contribution in [0.3, 0.4) is 0 Å². The lowest BCUT2D eigenvalue weighted by molar-refractivity contribution is -0.136. The summed E-state index contributed by atoms with van der Waals surface area (Å²) in [5.41, 5.74) is 7.29. The summed E-state index contributed by atoms with van der Waals surface area (Å²) in [6.45, 7) is 13.1. The van der Waals surface area contributed by atoms with Crippen molar-refractivity contribution in [2.24, 2.45) is 13.0 Å². The topological polar surface area (TPSA) is 186 Å². The van der Waals surface area contributed by atoms with Gasteiger partial charge in [0.25, 0.3) is 11.8 Å². The quantitative estimate of drug-likeness (QED) is 0.0880. The third kappa shape index (κ3) is 9.27. The van der Waals surface area contributed by atoms with E-state index in [1.807, 2.05) is 48.5 Å². The van der Waals surface area contributed by atoms with E-state index in [9.17, 15) is 19.2 Å². The van der Waals surface area contributed by atoms with Crippen LogP contribution in [0.1, 0.15) is 46.4 Å². The highest BCUT2D eigenvalue weighted by atomic mass is 79.9. The molecule has 18 nitrogen and oxygen atoms in total. The summed E-state index contributed by atoms with van der Waals surface area (Å²) in [5.74, 6) is 0.411. The maximum Gasteiger partial charge on any atom is 0.262 e. The minimum Gasteiger partial charge on any atom is -0.494 e. The summed E-state index contributed by atoms with van der Waals surface area (Å²) in [5, 5.41) is 16.2. The van der Waals surface area contributed by atoms with E-state index in [-0.39, 0.29) is 18.7 Å². The second-order valence-corrected chi connectivity index (χ2v) is 22.6. The molecule has 5 aliphatic heterocycles. The highest BCUT2D eigenvalue weighted by Gasteiger charge is 2.45. The number of piperidine rings is 2. The van der Waals surface area contributed by atoms with E-state index in [0.717, 1.165) is 126 Å². The Morgan fingerprint density at radius 2 is 1.60 bits per heavy atom. The van der Waals surface area contributed by atoms with Gasteiger partial charge in [-0.25, -0.2) is 4.98 Å². The van der Waals surface area contributed by atoms with Crippen molar-refractivity contribution >= 4 is 98.2 Å². The molecule has 11 rings (SSSR count). The third-order valence-corrected chi connectivity index (χ3v) is 16.8. The van der Waals surface area contributed by atoms with E-state index in [4.69, 9.17) is 14.7 Å². The lowest BCUT2D eigenvalue weighted by Gasteiger charge is -2.49. The van der Waals surface area contributed by atoms with E-state index in [1.54, 1.807) is 25.4 Å². The van der Waals surface area contributed by atoms with Crippen LogP contribution in [0.25, 0.3) is 22.0 Å². The molecule has 5 aliphatic rings. The minimum atomic E-state index is -0.970. The second kappa shape index (κ2) is 19.8. The molecule has 4 saturated heterocycles. The van der Waals surface area contributed by atoms with Crippen molar-refractivity contribution in [3.8, 4) is 16.9 Å². The van der Waals surface area contributed by atoms with Gasteiger partial charge in [-0.2, -0.15) is 10.1 Å². The molecule has 1 unspecified atom stereocenters. The number of rotatable bonds is 13. The molecular formula is C52H57BrN13O5P. The average molecular weight is 1050 g/mol. The van der Waals surface area contributed by atoms with Crippen LogP contribution in [0.4, 0.5) is 34.5 Å². The Bertz CT molecular complexity index is 3110. The number of pyridine rings is 1. The van der Waals surface area contributed by atoms with Gasteiger partial charge in [0.05, 0.1) is 52.0 Å². The van der Waals surface area contributed by atoms with Crippen LogP contribution in [-0.4, -0.2) is 154 Å². The number of hydrogen-bond donors (Lipinski definition) is 3. The SMILES string of the molecule is COc1cc(N2CCN(CC3CCN(C4CN(c5ccc6c(c5)C(=O)N(C5CCC(=O)NC5=O)C6=O)C4)CC3)CC2)c(-c2cnn(C)c2)cc1Nc1ncc(Br)c(Nc2cnc3ccccc3c2P(C)C)n1. The van der Waals surface area contributed by atoms with Crippen LogP contribution in [0, 0.1) is 5.92 Å². The number of aromatic nitrogens is 5. The van der Waals surface area contributed by atoms with E-state index in [0.29, 0.717) is 40.6 Å². The lowest BCUT2D eigenvalue weighted by Crippen LogP contribution is -2.61. The molecule has 372 valence electrons. The van der Waals surface area contributed by atoms with E-state index < -0.39 is 31.7 Å². The second-order valence-electron chi connectivity index (χ2n) is 19.5. The van der Waals surface area contributed by atoms with Crippen molar-refractivity contribution in [2.45, 2.75) is 37.8 Å². The Hall–Kier alpha value is -6.53. The van der Waals surface area contributed by atoms with Gasteiger partial charge in [-0.1, -0.05) is 26.1 Å². The molecule has 3 aromatic carbocycles. The number of hydrogen-bond acceptors (Lipinski definition) is 15. The number of amides is 4. The lowest BCUT2D eigenvalue weighted by atomic mass is 9.93. The number of imide groups is 2. The van der Waals surface area contributed by atoms with Crippen LogP contribution in [0.15, 0.2) is 83.9 Å². The molecular weight excluding hydrogens is 998 g/mol. The Kier molecular flexibility index (Phi) is 13.2. The van der Waals surface area contributed by atoms with E-state index >= 15 is 0 Å². The van der Waals surface area contributed by atoms with Gasteiger partial charge in [-0.05, 0) is 97.9 Å². The van der Waals surface area contributed by atoms with Crippen molar-refractivity contribution in [3.63, 3.8) is 0 Å². The monoisotopic (exact) mass is 1050 g/mol. The number of para-hydroxylation sites is 1. The largest absolute Gasteiger partial charge is 0.494 e. The normalized spacial score (nSPS) is 19.3. The number of carbonyl (C=O) groups is 4. The number of likely N-dealkylation sites (tertiary alicyclic amines) is 1. The van der Waals surface area contributed by atoms with E-state index in [2.05, 4.69) is 99.2 Å². The number of fused-ring (bicyclic) bond motifs is 2. The first-order valence-corrected chi connectivity index (χ1v) is 27.6. The molecule has 0 spiro atoms. The van der Waals surface area contributed by atoms with Gasteiger partial charge < -0.3 is 25.2 Å². The van der Waals surface area contributed by atoms with Crippen LogP contribution in [0.5, 0.6) is 5.75 Å². The molecule has 1 atom stereocenters. The number of carbonyl (C=O) groups excluding carboxylic acids is 4. The molecule has 3 N–H and O–H groups in total. The number of ether oxygens (including phenoxy) is 1. The predicted molar refractivity (Wildman–Crippen MR) is 284 cm³/mol. The fraction of sp³-hybridized carbons (Fsp3) is 0.385. The van der Waals surface area contributed by atoms with Gasteiger partial charge in [0.2, 0.25) is 17.8 Å². The molecule has 4 amide bonds. The summed E-state index contributed by atoms with van der Waals surface area (Å²) in [4.78, 5) is 76.1. The average Bonchev–Trinajstić information content (AvgIpc) is 3.91. The molecule has 8 heterocycles. The summed E-state index contributed by atoms with van der Waals surface area (Å²) in [6, 6.07) is 17.3. The number of benzene rings is 3. The van der Waals surface area contributed by atoms with Gasteiger partial charge in [0.1, 0.15) is 17.6 Å². The Balaban J connectivity index is 0.703. The Morgan fingerprint density at radius 3 is 2.33 bits per heavy atom. The number of nitrogens with one attached hydrogen (secondary N) is 3. The van der Waals surface area contributed by atoms with Gasteiger partial charge in [-0.15, -0.1) is 0 Å². The maximum absolute atomic E-state index is 13.4. The molecule has 6 aromatic rings. The van der Waals surface area contributed by atoms with Crippen LogP contribution in [0.2, 0.25) is 0 Å². The zero-order valence-electron chi connectivity index (χ0n) is 40.8. The number of methoxy groups -OCH3 is 1. The minimum absolute atomic E-state index is 0.0954. The smallest absolute Gasteiger partial charge is 0.262 e. The highest BCUT2D eigenvalue weighted by molar-refractivity contribution is 9.10. The third-order valence-electron chi connectivity index (χ3n) is 14.8. The molecule has 3 aromatic heterocycles. The zero-order chi connectivity index (χ0) is 49.8.